The number of esters is 2. The summed E-state index contributed by atoms with van der Waals surface area (Å²) < 4.78 is 11.5. The number of rotatable bonds is 7. The molecular weight excluding hydrogens is 364 g/mol. The molecular formula is C25H24O4. The van der Waals surface area contributed by atoms with E-state index in [1.54, 1.807) is 48.5 Å². The maximum absolute atomic E-state index is 12.7. The quantitative estimate of drug-likeness (QED) is 0.504. The summed E-state index contributed by atoms with van der Waals surface area (Å²) in [6.07, 6.45) is -1.01. The molecule has 3 rings (SSSR count). The summed E-state index contributed by atoms with van der Waals surface area (Å²) in [6, 6.07) is 27.2. The fraction of sp³-hybridized carbons (Fsp3) is 0.200. The molecule has 0 fully saturated rings. The van der Waals surface area contributed by atoms with Crippen LogP contribution in [0.4, 0.5) is 0 Å². The third-order valence-electron chi connectivity index (χ3n) is 4.89. The standard InChI is InChI=1S/C25H24O4/c1-18(19(2)28-24(26)21-14-8-4-9-15-21)23(20-12-6-3-7-13-20)29-25(27)22-16-10-5-11-17-22/h3-19,23H,1-2H3. The van der Waals surface area contributed by atoms with Crippen molar-refractivity contribution in [3.63, 3.8) is 0 Å². The Hall–Kier alpha value is -3.40. The van der Waals surface area contributed by atoms with Crippen molar-refractivity contribution in [2.75, 3.05) is 0 Å². The first-order valence-corrected chi connectivity index (χ1v) is 9.63. The SMILES string of the molecule is CC(OC(=O)c1ccccc1)C(C)C(OC(=O)c1ccccc1)c1ccccc1. The molecule has 4 heteroatoms. The molecule has 0 saturated carbocycles. The van der Waals surface area contributed by atoms with E-state index in [0.29, 0.717) is 11.1 Å². The van der Waals surface area contributed by atoms with E-state index in [-0.39, 0.29) is 5.92 Å². The zero-order chi connectivity index (χ0) is 20.6. The van der Waals surface area contributed by atoms with Crippen LogP contribution in [0.15, 0.2) is 91.0 Å². The van der Waals surface area contributed by atoms with Crippen molar-refractivity contribution in [3.8, 4) is 0 Å². The zero-order valence-electron chi connectivity index (χ0n) is 16.5. The summed E-state index contributed by atoms with van der Waals surface area (Å²) in [5, 5.41) is 0. The predicted molar refractivity (Wildman–Crippen MR) is 112 cm³/mol. The van der Waals surface area contributed by atoms with Crippen LogP contribution in [0.25, 0.3) is 0 Å². The van der Waals surface area contributed by atoms with E-state index in [9.17, 15) is 9.59 Å². The molecule has 0 aliphatic carbocycles. The van der Waals surface area contributed by atoms with Gasteiger partial charge < -0.3 is 9.47 Å². The molecule has 0 bridgehead atoms. The van der Waals surface area contributed by atoms with E-state index in [2.05, 4.69) is 0 Å². The maximum Gasteiger partial charge on any atom is 0.338 e. The van der Waals surface area contributed by atoms with Gasteiger partial charge in [-0.25, -0.2) is 9.59 Å². The molecule has 0 aliphatic rings. The number of ether oxygens (including phenoxy) is 2. The molecule has 0 saturated heterocycles. The number of carbonyl (C=O) groups is 2. The summed E-state index contributed by atoms with van der Waals surface area (Å²) >= 11 is 0. The molecule has 3 unspecified atom stereocenters. The van der Waals surface area contributed by atoms with Crippen LogP contribution >= 0.6 is 0 Å². The Morgan fingerprint density at radius 2 is 1.03 bits per heavy atom. The van der Waals surface area contributed by atoms with Crippen LogP contribution in [0.2, 0.25) is 0 Å². The van der Waals surface area contributed by atoms with E-state index in [1.165, 1.54) is 0 Å². The van der Waals surface area contributed by atoms with Gasteiger partial charge in [-0.05, 0) is 36.8 Å². The lowest BCUT2D eigenvalue weighted by Gasteiger charge is -2.29. The smallest absolute Gasteiger partial charge is 0.338 e. The highest BCUT2D eigenvalue weighted by atomic mass is 16.6. The Balaban J connectivity index is 1.78. The third-order valence-corrected chi connectivity index (χ3v) is 4.89. The largest absolute Gasteiger partial charge is 0.459 e. The number of hydrogen-bond acceptors (Lipinski definition) is 4. The highest BCUT2D eigenvalue weighted by Crippen LogP contribution is 2.31. The molecule has 3 atom stereocenters. The first-order chi connectivity index (χ1) is 14.1. The van der Waals surface area contributed by atoms with Gasteiger partial charge in [-0.1, -0.05) is 73.7 Å². The molecule has 0 N–H and O–H groups in total. The van der Waals surface area contributed by atoms with Gasteiger partial charge in [-0.15, -0.1) is 0 Å². The lowest BCUT2D eigenvalue weighted by molar-refractivity contribution is -0.0240. The van der Waals surface area contributed by atoms with Gasteiger partial charge >= 0.3 is 11.9 Å². The molecule has 0 aliphatic heterocycles. The summed E-state index contributed by atoms with van der Waals surface area (Å²) in [7, 11) is 0. The molecule has 0 spiro atoms. The van der Waals surface area contributed by atoms with Crippen molar-refractivity contribution in [2.45, 2.75) is 26.1 Å². The Labute approximate surface area is 171 Å². The second-order valence-electron chi connectivity index (χ2n) is 6.94. The van der Waals surface area contributed by atoms with E-state index >= 15 is 0 Å². The second-order valence-corrected chi connectivity index (χ2v) is 6.94. The van der Waals surface area contributed by atoms with Crippen LogP contribution in [-0.4, -0.2) is 18.0 Å². The molecule has 0 radical (unpaired) electrons. The van der Waals surface area contributed by atoms with Crippen molar-refractivity contribution >= 4 is 11.9 Å². The average molecular weight is 388 g/mol. The first-order valence-electron chi connectivity index (χ1n) is 9.63. The van der Waals surface area contributed by atoms with Gasteiger partial charge in [0.2, 0.25) is 0 Å². The minimum atomic E-state index is -0.553. The molecule has 0 amide bonds. The van der Waals surface area contributed by atoms with E-state index in [4.69, 9.17) is 9.47 Å². The monoisotopic (exact) mass is 388 g/mol. The van der Waals surface area contributed by atoms with Gasteiger partial charge in [0, 0.05) is 5.92 Å². The predicted octanol–water partition coefficient (Wildman–Crippen LogP) is 5.47. The summed E-state index contributed by atoms with van der Waals surface area (Å²) in [5.74, 6) is -1.06. The molecule has 148 valence electrons. The van der Waals surface area contributed by atoms with Gasteiger partial charge in [0.1, 0.15) is 12.2 Å². The van der Waals surface area contributed by atoms with Crippen LogP contribution < -0.4 is 0 Å². The first kappa shape index (κ1) is 20.3. The van der Waals surface area contributed by atoms with Gasteiger partial charge in [-0.2, -0.15) is 0 Å². The third kappa shape index (κ3) is 5.32. The fourth-order valence-electron chi connectivity index (χ4n) is 3.04. The minimum absolute atomic E-state index is 0.252. The highest BCUT2D eigenvalue weighted by molar-refractivity contribution is 5.90. The van der Waals surface area contributed by atoms with Crippen molar-refractivity contribution in [3.05, 3.63) is 108 Å². The van der Waals surface area contributed by atoms with Crippen molar-refractivity contribution in [1.82, 2.24) is 0 Å². The van der Waals surface area contributed by atoms with E-state index in [0.717, 1.165) is 5.56 Å². The zero-order valence-corrected chi connectivity index (χ0v) is 16.5. The summed E-state index contributed by atoms with van der Waals surface area (Å²) in [5.41, 5.74) is 1.82. The normalized spacial score (nSPS) is 13.7. The number of hydrogen-bond donors (Lipinski definition) is 0. The number of carbonyl (C=O) groups excluding carboxylic acids is 2. The molecule has 0 aromatic heterocycles. The molecule has 29 heavy (non-hydrogen) atoms. The Morgan fingerprint density at radius 3 is 1.52 bits per heavy atom. The van der Waals surface area contributed by atoms with Crippen molar-refractivity contribution in [2.24, 2.45) is 5.92 Å². The summed E-state index contributed by atoms with van der Waals surface area (Å²) in [6.45, 7) is 3.73. The minimum Gasteiger partial charge on any atom is -0.459 e. The van der Waals surface area contributed by atoms with Crippen molar-refractivity contribution in [1.29, 1.82) is 0 Å². The van der Waals surface area contributed by atoms with Gasteiger partial charge in [0.15, 0.2) is 0 Å². The number of benzene rings is 3. The van der Waals surface area contributed by atoms with Gasteiger partial charge in [0.25, 0.3) is 0 Å². The van der Waals surface area contributed by atoms with E-state index in [1.807, 2.05) is 56.3 Å². The van der Waals surface area contributed by atoms with E-state index < -0.39 is 24.1 Å². The topological polar surface area (TPSA) is 52.6 Å². The lowest BCUT2D eigenvalue weighted by atomic mass is 9.93. The van der Waals surface area contributed by atoms with Gasteiger partial charge in [0.05, 0.1) is 11.1 Å². The van der Waals surface area contributed by atoms with Crippen LogP contribution in [0.1, 0.15) is 46.2 Å². The summed E-state index contributed by atoms with van der Waals surface area (Å²) in [4.78, 5) is 25.1. The molecule has 3 aromatic rings. The van der Waals surface area contributed by atoms with Crippen LogP contribution in [-0.2, 0) is 9.47 Å². The highest BCUT2D eigenvalue weighted by Gasteiger charge is 2.30. The lowest BCUT2D eigenvalue weighted by Crippen LogP contribution is -2.29. The van der Waals surface area contributed by atoms with Crippen LogP contribution in [0.3, 0.4) is 0 Å². The van der Waals surface area contributed by atoms with Crippen LogP contribution in [0, 0.1) is 5.92 Å². The second kappa shape index (κ2) is 9.69. The van der Waals surface area contributed by atoms with Crippen molar-refractivity contribution < 1.29 is 19.1 Å². The Kier molecular flexibility index (Phi) is 6.80. The maximum atomic E-state index is 12.7. The van der Waals surface area contributed by atoms with Crippen LogP contribution in [0.5, 0.6) is 0 Å². The fourth-order valence-corrected chi connectivity index (χ4v) is 3.04. The Morgan fingerprint density at radius 1 is 0.621 bits per heavy atom. The molecule has 4 nitrogen and oxygen atoms in total. The molecule has 3 aromatic carbocycles. The molecule has 0 heterocycles. The van der Waals surface area contributed by atoms with Gasteiger partial charge in [-0.3, -0.25) is 0 Å². The Bertz CT molecular complexity index is 923. The average Bonchev–Trinajstić information content (AvgIpc) is 2.78.